The molecule has 0 aliphatic heterocycles. The fourth-order valence-electron chi connectivity index (χ4n) is 6.38. The molecule has 1 aromatic carbocycles. The average molecular weight is 419 g/mol. The van der Waals surface area contributed by atoms with E-state index in [2.05, 4.69) is 26.0 Å². The fraction of sp³-hybridized carbons (Fsp3) is 0.793. The molecule has 0 aromatic heterocycles. The minimum absolute atomic E-state index is 0. The molecular weight excluding hydrogens is 367 g/mol. The molecule has 1 aromatic rings. The van der Waals surface area contributed by atoms with Crippen LogP contribution in [0.2, 0.25) is 0 Å². The summed E-state index contributed by atoms with van der Waals surface area (Å²) in [5.74, 6) is 4.84. The van der Waals surface area contributed by atoms with Gasteiger partial charge in [0.1, 0.15) is 5.82 Å². The monoisotopic (exact) mass is 418 g/mol. The summed E-state index contributed by atoms with van der Waals surface area (Å²) in [6.07, 6.45) is 15.9. The van der Waals surface area contributed by atoms with E-state index >= 15 is 0 Å². The van der Waals surface area contributed by atoms with Gasteiger partial charge < -0.3 is 0 Å². The molecule has 0 nitrogen and oxygen atoms in total. The number of hydrogen-bond acceptors (Lipinski definition) is 0. The predicted molar refractivity (Wildman–Crippen MR) is 133 cm³/mol. The molecule has 3 fully saturated rings. The maximum absolute atomic E-state index is 14.9. The molecule has 0 atom stereocenters. The van der Waals surface area contributed by atoms with Crippen LogP contribution in [0.3, 0.4) is 0 Å². The summed E-state index contributed by atoms with van der Waals surface area (Å²) in [6.45, 7) is 4.75. The Morgan fingerprint density at radius 2 is 1.03 bits per heavy atom. The summed E-state index contributed by atoms with van der Waals surface area (Å²) in [6, 6.07) is 6.31. The number of benzene rings is 1. The lowest BCUT2D eigenvalue weighted by Crippen LogP contribution is -2.24. The van der Waals surface area contributed by atoms with Crippen molar-refractivity contribution in [3.8, 4) is 0 Å². The summed E-state index contributed by atoms with van der Waals surface area (Å²) >= 11 is 0. The summed E-state index contributed by atoms with van der Waals surface area (Å²) in [5.41, 5.74) is 2.27. The first-order valence-corrected chi connectivity index (χ1v) is 11.9. The van der Waals surface area contributed by atoms with Crippen molar-refractivity contribution in [1.82, 2.24) is 0 Å². The lowest BCUT2D eigenvalue weighted by molar-refractivity contribution is 0.165. The fourth-order valence-corrected chi connectivity index (χ4v) is 6.38. The maximum atomic E-state index is 14.9. The molecule has 0 radical (unpaired) electrons. The highest BCUT2D eigenvalue weighted by molar-refractivity contribution is 5.30. The molecule has 4 rings (SSSR count). The van der Waals surface area contributed by atoms with Gasteiger partial charge >= 0.3 is 0 Å². The van der Waals surface area contributed by atoms with Crippen molar-refractivity contribution < 1.29 is 4.39 Å². The first-order chi connectivity index (χ1) is 13.1. The van der Waals surface area contributed by atoms with Crippen molar-refractivity contribution in [3.63, 3.8) is 0 Å². The average Bonchev–Trinajstić information content (AvgIpc) is 2.69. The van der Waals surface area contributed by atoms with Gasteiger partial charge in [-0.1, -0.05) is 73.9 Å². The Balaban J connectivity index is 0.00000150. The van der Waals surface area contributed by atoms with E-state index in [-0.39, 0.29) is 28.1 Å². The zero-order valence-corrected chi connectivity index (χ0v) is 17.6. The number of hydrogen-bond donors (Lipinski definition) is 0. The van der Waals surface area contributed by atoms with Crippen LogP contribution in [0.1, 0.15) is 136 Å². The van der Waals surface area contributed by atoms with Gasteiger partial charge in [0.2, 0.25) is 0 Å². The van der Waals surface area contributed by atoms with E-state index in [0.717, 1.165) is 29.2 Å². The molecule has 3 saturated carbocycles. The molecule has 0 spiro atoms. The second-order valence-corrected chi connectivity index (χ2v) is 10.4. The van der Waals surface area contributed by atoms with E-state index < -0.39 is 0 Å². The SMILES string of the molecule is C.C.C.CC1CCC(c2ccc(C3CCC(C4CCC(C)CC4)CC3)cc2F)CC1. The second-order valence-electron chi connectivity index (χ2n) is 10.4. The van der Waals surface area contributed by atoms with Crippen LogP contribution >= 0.6 is 0 Å². The Morgan fingerprint density at radius 3 is 1.53 bits per heavy atom. The quantitative estimate of drug-likeness (QED) is 0.458. The zero-order chi connectivity index (χ0) is 18.8. The third kappa shape index (κ3) is 6.33. The van der Waals surface area contributed by atoms with E-state index in [1.54, 1.807) is 0 Å². The van der Waals surface area contributed by atoms with Gasteiger partial charge in [0.05, 0.1) is 0 Å². The first-order valence-electron chi connectivity index (χ1n) is 11.9. The van der Waals surface area contributed by atoms with Gasteiger partial charge in [0.25, 0.3) is 0 Å². The van der Waals surface area contributed by atoms with Crippen molar-refractivity contribution in [1.29, 1.82) is 0 Å². The standard InChI is InChI=1S/C26H39F.3CH4/c1-18-3-7-20(8-4-18)21-11-13-22(14-12-21)24-15-16-25(26(27)17-24)23-9-5-19(2)6-10-23;;;/h15-23H,3-14H2,1-2H3;3*1H4. The summed E-state index contributed by atoms with van der Waals surface area (Å²) < 4.78 is 14.9. The van der Waals surface area contributed by atoms with E-state index in [4.69, 9.17) is 0 Å². The van der Waals surface area contributed by atoms with E-state index in [1.807, 2.05) is 6.07 Å². The lowest BCUT2D eigenvalue weighted by Gasteiger charge is -2.37. The molecule has 3 aliphatic rings. The number of rotatable bonds is 3. The largest absolute Gasteiger partial charge is 0.207 e. The summed E-state index contributed by atoms with van der Waals surface area (Å²) in [4.78, 5) is 0. The van der Waals surface area contributed by atoms with E-state index in [9.17, 15) is 4.39 Å². The molecule has 0 bridgehead atoms. The molecule has 174 valence electrons. The summed E-state index contributed by atoms with van der Waals surface area (Å²) in [5, 5.41) is 0. The third-order valence-electron chi connectivity index (χ3n) is 8.45. The second kappa shape index (κ2) is 12.3. The van der Waals surface area contributed by atoms with Gasteiger partial charge in [0, 0.05) is 0 Å². The predicted octanol–water partition coefficient (Wildman–Crippen LogP) is 10.1. The topological polar surface area (TPSA) is 0 Å². The molecular formula is C29H51F. The first kappa shape index (κ1) is 27.2. The van der Waals surface area contributed by atoms with Crippen LogP contribution in [0.5, 0.6) is 0 Å². The van der Waals surface area contributed by atoms with Crippen LogP contribution in [0, 0.1) is 29.5 Å². The van der Waals surface area contributed by atoms with Crippen molar-refractivity contribution in [3.05, 3.63) is 35.1 Å². The van der Waals surface area contributed by atoms with Crippen molar-refractivity contribution >= 4 is 0 Å². The van der Waals surface area contributed by atoms with Crippen LogP contribution in [-0.4, -0.2) is 0 Å². The minimum atomic E-state index is 0. The maximum Gasteiger partial charge on any atom is 0.126 e. The third-order valence-corrected chi connectivity index (χ3v) is 8.45. The summed E-state index contributed by atoms with van der Waals surface area (Å²) in [7, 11) is 0. The van der Waals surface area contributed by atoms with Crippen LogP contribution in [0.25, 0.3) is 0 Å². The molecule has 0 saturated heterocycles. The van der Waals surface area contributed by atoms with Gasteiger partial charge in [-0.25, -0.2) is 4.39 Å². The van der Waals surface area contributed by atoms with Crippen LogP contribution in [0.15, 0.2) is 18.2 Å². The Morgan fingerprint density at radius 1 is 0.600 bits per heavy atom. The normalized spacial score (nSPS) is 34.1. The highest BCUT2D eigenvalue weighted by atomic mass is 19.1. The Bertz CT molecular complexity index is 597. The zero-order valence-electron chi connectivity index (χ0n) is 17.6. The Hall–Kier alpha value is -0.850. The van der Waals surface area contributed by atoms with E-state index in [0.29, 0.717) is 11.8 Å². The Labute approximate surface area is 188 Å². The van der Waals surface area contributed by atoms with Gasteiger partial charge in [-0.2, -0.15) is 0 Å². The number of halogens is 1. The minimum Gasteiger partial charge on any atom is -0.207 e. The Kier molecular flexibility index (Phi) is 11.1. The molecule has 3 aliphatic carbocycles. The van der Waals surface area contributed by atoms with Gasteiger partial charge in [0.15, 0.2) is 0 Å². The molecule has 30 heavy (non-hydrogen) atoms. The van der Waals surface area contributed by atoms with Crippen molar-refractivity contribution in [2.24, 2.45) is 23.7 Å². The lowest BCUT2D eigenvalue weighted by atomic mass is 9.68. The van der Waals surface area contributed by atoms with Crippen molar-refractivity contribution in [2.75, 3.05) is 0 Å². The smallest absolute Gasteiger partial charge is 0.126 e. The van der Waals surface area contributed by atoms with Gasteiger partial charge in [-0.05, 0) is 104 Å². The van der Waals surface area contributed by atoms with Crippen LogP contribution in [-0.2, 0) is 0 Å². The van der Waals surface area contributed by atoms with E-state index in [1.165, 1.54) is 82.6 Å². The molecule has 0 heterocycles. The van der Waals surface area contributed by atoms with Gasteiger partial charge in [-0.3, -0.25) is 0 Å². The molecule has 0 unspecified atom stereocenters. The van der Waals surface area contributed by atoms with Gasteiger partial charge in [-0.15, -0.1) is 0 Å². The van der Waals surface area contributed by atoms with Crippen LogP contribution in [0.4, 0.5) is 4.39 Å². The van der Waals surface area contributed by atoms with Crippen molar-refractivity contribution in [2.45, 2.75) is 125 Å². The highest BCUT2D eigenvalue weighted by Gasteiger charge is 2.31. The molecule has 0 N–H and O–H groups in total. The van der Waals surface area contributed by atoms with Crippen LogP contribution < -0.4 is 0 Å². The molecule has 1 heteroatoms. The highest BCUT2D eigenvalue weighted by Crippen LogP contribution is 2.44. The molecule has 0 amide bonds.